The zero-order valence-corrected chi connectivity index (χ0v) is 67.1. The van der Waals surface area contributed by atoms with Crippen LogP contribution in [-0.4, -0.2) is 251 Å². The van der Waals surface area contributed by atoms with Gasteiger partial charge in [0.25, 0.3) is 0 Å². The molecule has 3 fully saturated rings. The second-order valence-corrected chi connectivity index (χ2v) is 28.6. The smallest absolute Gasteiger partial charge is 0.220 e. The van der Waals surface area contributed by atoms with Crippen molar-refractivity contribution in [3.8, 4) is 0 Å². The fraction of sp³-hybridized carbons (Fsp3) is 0.854. The van der Waals surface area contributed by atoms with E-state index in [-0.39, 0.29) is 63.3 Å². The number of carbonyl (C=O) groups excluding carboxylic acids is 4. The van der Waals surface area contributed by atoms with Gasteiger partial charge in [0.2, 0.25) is 23.6 Å². The Hall–Kier alpha value is -3.84. The molecular formula is C82H151N5O20. The van der Waals surface area contributed by atoms with Gasteiger partial charge in [-0.2, -0.15) is 0 Å². The molecule has 0 spiro atoms. The Bertz CT molecular complexity index is 2130. The molecule has 10 N–H and O–H groups in total. The van der Waals surface area contributed by atoms with Crippen LogP contribution in [0.1, 0.15) is 260 Å². The maximum Gasteiger partial charge on any atom is 0.220 e. The Kier molecular flexibility index (Phi) is 62.9. The molecule has 624 valence electrons. The minimum absolute atomic E-state index is 0.0178. The predicted octanol–water partition coefficient (Wildman–Crippen LogP) is 10.2. The first kappa shape index (κ1) is 99.2. The van der Waals surface area contributed by atoms with Crippen molar-refractivity contribution < 1.29 is 97.2 Å². The number of allylic oxidation sites excluding steroid dienone is 8. The molecule has 3 aliphatic rings. The first-order chi connectivity index (χ1) is 52.0. The minimum Gasteiger partial charge on any atom is -0.394 e. The highest BCUT2D eigenvalue weighted by Gasteiger charge is 2.47. The second-order valence-electron chi connectivity index (χ2n) is 28.6. The summed E-state index contributed by atoms with van der Waals surface area (Å²) in [6.07, 6.45) is 48.9. The minimum atomic E-state index is -1.38. The lowest BCUT2D eigenvalue weighted by Crippen LogP contribution is -2.64. The largest absolute Gasteiger partial charge is 0.394 e. The number of nitrogens with one attached hydrogen (secondary N) is 4. The van der Waals surface area contributed by atoms with Crippen LogP contribution in [0, 0.1) is 0 Å². The van der Waals surface area contributed by atoms with Crippen LogP contribution in [0.15, 0.2) is 48.6 Å². The van der Waals surface area contributed by atoms with Crippen molar-refractivity contribution in [3.05, 3.63) is 48.6 Å². The lowest BCUT2D eigenvalue weighted by molar-refractivity contribution is -0.272. The maximum atomic E-state index is 12.2. The molecular weight excluding hydrogens is 1370 g/mol. The van der Waals surface area contributed by atoms with E-state index in [0.29, 0.717) is 52.4 Å². The predicted molar refractivity (Wildman–Crippen MR) is 418 cm³/mol. The number of amides is 4. The molecule has 11 atom stereocenters. The number of hydrogen-bond acceptors (Lipinski definition) is 21. The third-order valence-electron chi connectivity index (χ3n) is 19.1. The van der Waals surface area contributed by atoms with Gasteiger partial charge in [-0.15, -0.1) is 0 Å². The average molecular weight is 1530 g/mol. The van der Waals surface area contributed by atoms with E-state index in [1.807, 2.05) is 0 Å². The van der Waals surface area contributed by atoms with Crippen molar-refractivity contribution in [1.29, 1.82) is 0 Å². The fourth-order valence-corrected chi connectivity index (χ4v) is 12.9. The number of hydrogen-bond donors (Lipinski definition) is 10. The number of rotatable bonds is 67. The molecule has 25 nitrogen and oxygen atoms in total. The number of aliphatic hydroxyl groups is 6. The second kappa shape index (κ2) is 67.8. The number of nitrogens with zero attached hydrogens (tertiary/aromatic N) is 1. The van der Waals surface area contributed by atoms with E-state index in [9.17, 15) is 49.8 Å². The van der Waals surface area contributed by atoms with Gasteiger partial charge in [0.1, 0.15) is 48.7 Å². The topological polar surface area (TPSA) is 333 Å². The van der Waals surface area contributed by atoms with Crippen LogP contribution in [0.5, 0.6) is 0 Å². The highest BCUT2D eigenvalue weighted by atomic mass is 16.7. The molecule has 3 heterocycles. The fourth-order valence-electron chi connectivity index (χ4n) is 12.9. The van der Waals surface area contributed by atoms with E-state index >= 15 is 0 Å². The van der Waals surface area contributed by atoms with Crippen LogP contribution >= 0.6 is 0 Å². The summed E-state index contributed by atoms with van der Waals surface area (Å²) in [6.45, 7) is 17.0. The van der Waals surface area contributed by atoms with Crippen LogP contribution < -0.4 is 21.3 Å². The van der Waals surface area contributed by atoms with Gasteiger partial charge in [-0.3, -0.25) is 19.2 Å². The van der Waals surface area contributed by atoms with Crippen LogP contribution in [0.25, 0.3) is 0 Å². The Morgan fingerprint density at radius 2 is 0.804 bits per heavy atom. The summed E-state index contributed by atoms with van der Waals surface area (Å²) < 4.78 is 56.7. The highest BCUT2D eigenvalue weighted by molar-refractivity contribution is 5.76. The summed E-state index contributed by atoms with van der Waals surface area (Å²) in [5.41, 5.74) is 0. The van der Waals surface area contributed by atoms with Gasteiger partial charge >= 0.3 is 0 Å². The van der Waals surface area contributed by atoms with E-state index < -0.39 is 86.3 Å². The molecule has 3 aliphatic heterocycles. The van der Waals surface area contributed by atoms with Crippen LogP contribution in [-0.2, 0) is 66.5 Å². The van der Waals surface area contributed by atoms with Crippen molar-refractivity contribution in [2.45, 2.75) is 333 Å². The first-order valence-electron chi connectivity index (χ1n) is 41.6. The number of aliphatic hydroxyl groups excluding tert-OH is 6. The molecule has 107 heavy (non-hydrogen) atoms. The molecule has 0 saturated carbocycles. The zero-order chi connectivity index (χ0) is 78.1. The molecule has 0 bridgehead atoms. The van der Waals surface area contributed by atoms with Gasteiger partial charge < -0.3 is 104 Å². The SMILES string of the molecule is CCCCC/C=C\C/C=C\CCCCCCCCC1(CCCCCCCC/C=C\C/C=C\CCCCC)OC[C@H](C)O1.CCN(CCCCCC(=O)NCCOCCOCCO[C@@H]1OC(CO)[C@H](O)[C@H](O)C1NC(C)=O)CCCCCC(=O)NCCOCCOCCO[C@@H]1OC(CO)[C@H](O)[C@H](O)C1NC(C)=O. The summed E-state index contributed by atoms with van der Waals surface area (Å²) in [7, 11) is 0. The standard InChI is InChI=1S/C42H79N5O18.C40H72O2/c1-4-47(15-9-5-7-11-33(52)43-13-17-58-19-21-60-23-25-62-41-35(45-29(2)50)39(56)37(54)31(27-48)64-41)16-10-6-8-12-34(53)44-14-18-59-20-22-61-24-26-63-42-36(46-30(3)51)40(57)38(55)32(28-49)65-42;1-4-6-8-10-12-14-16-18-20-22-24-26-28-30-32-34-36-40(41-38-39(3)42-40)37-35-33-31-29-27-25-23-21-19-17-15-13-11-9-7-5-2/h31-32,35-42,48-49,54-57H,4-28H2,1-3H3,(H,43,52)(H,44,53)(H,45,50)(H,46,51);12-15,18-21,39H,4-11,16-17,22-38H2,1-3H3/b;14-12-,15-13-,20-18-,21-19-/t31?,32?,35?,36?,37-,38-,39+,40+,41+,42+;39-/m00/s1. The molecule has 0 aromatic rings. The van der Waals surface area contributed by atoms with Crippen molar-refractivity contribution >= 4 is 23.6 Å². The summed E-state index contributed by atoms with van der Waals surface area (Å²) in [6, 6.07) is -2.03. The normalized spacial score (nSPS) is 22.3. The molecule has 0 aromatic carbocycles. The van der Waals surface area contributed by atoms with Gasteiger partial charge in [-0.25, -0.2) is 0 Å². The molecule has 0 radical (unpaired) electrons. The van der Waals surface area contributed by atoms with Crippen molar-refractivity contribution in [2.24, 2.45) is 0 Å². The van der Waals surface area contributed by atoms with E-state index in [1.165, 1.54) is 155 Å². The van der Waals surface area contributed by atoms with E-state index in [2.05, 4.69) is 102 Å². The molecule has 0 aliphatic carbocycles. The van der Waals surface area contributed by atoms with E-state index in [1.54, 1.807) is 0 Å². The van der Waals surface area contributed by atoms with Crippen molar-refractivity contribution in [2.75, 3.05) is 119 Å². The summed E-state index contributed by atoms with van der Waals surface area (Å²) >= 11 is 0. The summed E-state index contributed by atoms with van der Waals surface area (Å²) in [5, 5.41) is 70.3. The Labute approximate surface area is 644 Å². The van der Waals surface area contributed by atoms with Crippen LogP contribution in [0.3, 0.4) is 0 Å². The number of carbonyl (C=O) groups is 4. The van der Waals surface area contributed by atoms with Crippen molar-refractivity contribution in [3.63, 3.8) is 0 Å². The number of ether oxygens (including phenoxy) is 10. The molecule has 0 aromatic heterocycles. The zero-order valence-electron chi connectivity index (χ0n) is 67.1. The lowest BCUT2D eigenvalue weighted by atomic mass is 9.97. The first-order valence-corrected chi connectivity index (χ1v) is 41.6. The Morgan fingerprint density at radius 3 is 1.16 bits per heavy atom. The van der Waals surface area contributed by atoms with Gasteiger partial charge in [-0.1, -0.05) is 159 Å². The van der Waals surface area contributed by atoms with Gasteiger partial charge in [0, 0.05) is 52.6 Å². The molecule has 4 amide bonds. The van der Waals surface area contributed by atoms with E-state index in [0.717, 1.165) is 90.4 Å². The van der Waals surface area contributed by atoms with Crippen LogP contribution in [0.4, 0.5) is 0 Å². The van der Waals surface area contributed by atoms with Gasteiger partial charge in [-0.05, 0) is 129 Å². The molecule has 3 rings (SSSR count). The third kappa shape index (κ3) is 51.4. The Morgan fingerprint density at radius 1 is 0.449 bits per heavy atom. The van der Waals surface area contributed by atoms with E-state index in [4.69, 9.17) is 47.4 Å². The summed E-state index contributed by atoms with van der Waals surface area (Å²) in [4.78, 5) is 49.8. The number of unbranched alkanes of at least 4 members (excludes halogenated alkanes) is 22. The maximum absolute atomic E-state index is 12.2. The monoisotopic (exact) mass is 1530 g/mol. The molecule has 4 unspecified atom stereocenters. The molecule has 3 saturated heterocycles. The van der Waals surface area contributed by atoms with Crippen molar-refractivity contribution in [1.82, 2.24) is 26.2 Å². The van der Waals surface area contributed by atoms with Gasteiger partial charge in [0.15, 0.2) is 18.4 Å². The van der Waals surface area contributed by atoms with Crippen LogP contribution in [0.2, 0.25) is 0 Å². The molecule has 25 heteroatoms. The quantitative estimate of drug-likeness (QED) is 0.0200. The van der Waals surface area contributed by atoms with Gasteiger partial charge in [0.05, 0.1) is 92.0 Å². The lowest BCUT2D eigenvalue weighted by Gasteiger charge is -2.42. The summed E-state index contributed by atoms with van der Waals surface area (Å²) in [5.74, 6) is -1.20. The third-order valence-corrected chi connectivity index (χ3v) is 19.1. The highest BCUT2D eigenvalue weighted by Crippen LogP contribution is 2.35. The Balaban J connectivity index is 0.000000798. The average Bonchev–Trinajstić information content (AvgIpc) is 1.52.